The molecule has 0 unspecified atom stereocenters. The van der Waals surface area contributed by atoms with E-state index >= 15 is 0 Å². The SMILES string of the molecule is COc1ccc(C=CCC=O)cc1F. The van der Waals surface area contributed by atoms with Crippen molar-refractivity contribution in [2.24, 2.45) is 0 Å². The molecule has 0 atom stereocenters. The van der Waals surface area contributed by atoms with Crippen LogP contribution in [-0.2, 0) is 4.79 Å². The summed E-state index contributed by atoms with van der Waals surface area (Å²) in [5, 5.41) is 0. The van der Waals surface area contributed by atoms with Crippen molar-refractivity contribution >= 4 is 12.4 Å². The first kappa shape index (κ1) is 10.4. The molecule has 0 saturated heterocycles. The van der Waals surface area contributed by atoms with Gasteiger partial charge in [0.2, 0.25) is 0 Å². The summed E-state index contributed by atoms with van der Waals surface area (Å²) in [6.07, 6.45) is 4.50. The van der Waals surface area contributed by atoms with Crippen LogP contribution in [0.1, 0.15) is 12.0 Å². The summed E-state index contributed by atoms with van der Waals surface area (Å²) in [5.74, 6) is -0.182. The Morgan fingerprint density at radius 3 is 2.86 bits per heavy atom. The predicted octanol–water partition coefficient (Wildman–Crippen LogP) is 2.44. The normalized spacial score (nSPS) is 10.4. The van der Waals surface area contributed by atoms with Crippen molar-refractivity contribution in [1.82, 2.24) is 0 Å². The zero-order valence-corrected chi connectivity index (χ0v) is 7.87. The summed E-state index contributed by atoms with van der Waals surface area (Å²) in [4.78, 5) is 10.0. The number of carbonyl (C=O) groups is 1. The molecule has 0 bridgehead atoms. The summed E-state index contributed by atoms with van der Waals surface area (Å²) in [5.41, 5.74) is 0.713. The van der Waals surface area contributed by atoms with Crippen LogP contribution in [0.2, 0.25) is 0 Å². The molecule has 0 aliphatic heterocycles. The number of benzene rings is 1. The Hall–Kier alpha value is -1.64. The smallest absolute Gasteiger partial charge is 0.165 e. The van der Waals surface area contributed by atoms with Crippen LogP contribution in [0.15, 0.2) is 24.3 Å². The maximum absolute atomic E-state index is 13.1. The molecule has 0 aromatic heterocycles. The minimum absolute atomic E-state index is 0.220. The largest absolute Gasteiger partial charge is 0.494 e. The minimum atomic E-state index is -0.402. The molecule has 0 amide bonds. The van der Waals surface area contributed by atoms with Crippen molar-refractivity contribution in [3.8, 4) is 5.75 Å². The second kappa shape index (κ2) is 5.17. The van der Waals surface area contributed by atoms with Crippen molar-refractivity contribution in [2.45, 2.75) is 6.42 Å². The first-order chi connectivity index (χ1) is 6.77. The van der Waals surface area contributed by atoms with Gasteiger partial charge < -0.3 is 9.53 Å². The van der Waals surface area contributed by atoms with Crippen molar-refractivity contribution in [2.75, 3.05) is 7.11 Å². The van der Waals surface area contributed by atoms with Crippen LogP contribution in [0.5, 0.6) is 5.75 Å². The molecular formula is C11H11FO2. The lowest BCUT2D eigenvalue weighted by atomic mass is 10.2. The highest BCUT2D eigenvalue weighted by molar-refractivity contribution is 5.58. The number of hydrogen-bond donors (Lipinski definition) is 0. The van der Waals surface area contributed by atoms with E-state index < -0.39 is 5.82 Å². The summed E-state index contributed by atoms with van der Waals surface area (Å²) in [6, 6.07) is 4.64. The maximum Gasteiger partial charge on any atom is 0.165 e. The summed E-state index contributed by atoms with van der Waals surface area (Å²) < 4.78 is 17.9. The van der Waals surface area contributed by atoms with E-state index in [0.717, 1.165) is 6.29 Å². The molecule has 3 heteroatoms. The Bertz CT molecular complexity index is 345. The molecule has 2 nitrogen and oxygen atoms in total. The molecule has 0 N–H and O–H groups in total. The predicted molar refractivity (Wildman–Crippen MR) is 52.7 cm³/mol. The number of rotatable bonds is 4. The molecule has 0 spiro atoms. The third-order valence-corrected chi connectivity index (χ3v) is 1.72. The number of halogens is 1. The first-order valence-corrected chi connectivity index (χ1v) is 4.21. The van der Waals surface area contributed by atoms with Gasteiger partial charge in [-0.05, 0) is 17.7 Å². The van der Waals surface area contributed by atoms with Crippen LogP contribution >= 0.6 is 0 Å². The highest BCUT2D eigenvalue weighted by Crippen LogP contribution is 2.18. The zero-order valence-electron chi connectivity index (χ0n) is 7.87. The van der Waals surface area contributed by atoms with Gasteiger partial charge in [-0.2, -0.15) is 0 Å². The minimum Gasteiger partial charge on any atom is -0.494 e. The van der Waals surface area contributed by atoms with Crippen LogP contribution in [0.25, 0.3) is 6.08 Å². The highest BCUT2D eigenvalue weighted by Gasteiger charge is 2.00. The number of ether oxygens (including phenoxy) is 1. The molecule has 0 aliphatic rings. The Morgan fingerprint density at radius 2 is 2.29 bits per heavy atom. The molecule has 0 saturated carbocycles. The van der Waals surface area contributed by atoms with Gasteiger partial charge >= 0.3 is 0 Å². The van der Waals surface area contributed by atoms with Crippen LogP contribution in [-0.4, -0.2) is 13.4 Å². The van der Waals surface area contributed by atoms with E-state index in [1.807, 2.05) is 0 Å². The fraction of sp³-hybridized carbons (Fsp3) is 0.182. The Labute approximate surface area is 82.0 Å². The molecule has 14 heavy (non-hydrogen) atoms. The van der Waals surface area contributed by atoms with Crippen LogP contribution in [0, 0.1) is 5.82 Å². The quantitative estimate of drug-likeness (QED) is 0.688. The van der Waals surface area contributed by atoms with Gasteiger partial charge in [0.25, 0.3) is 0 Å². The fourth-order valence-electron chi connectivity index (χ4n) is 1.05. The molecule has 0 radical (unpaired) electrons. The number of aldehydes is 1. The zero-order chi connectivity index (χ0) is 10.4. The summed E-state index contributed by atoms with van der Waals surface area (Å²) in [7, 11) is 1.42. The van der Waals surface area contributed by atoms with Gasteiger partial charge in [-0.25, -0.2) is 4.39 Å². The van der Waals surface area contributed by atoms with E-state index in [1.54, 1.807) is 24.3 Å². The van der Waals surface area contributed by atoms with E-state index in [2.05, 4.69) is 0 Å². The first-order valence-electron chi connectivity index (χ1n) is 4.21. The van der Waals surface area contributed by atoms with Gasteiger partial charge in [0, 0.05) is 6.42 Å². The lowest BCUT2D eigenvalue weighted by Crippen LogP contribution is -1.87. The Kier molecular flexibility index (Phi) is 3.85. The summed E-state index contributed by atoms with van der Waals surface area (Å²) >= 11 is 0. The van der Waals surface area contributed by atoms with Crippen LogP contribution in [0.3, 0.4) is 0 Å². The standard InChI is InChI=1S/C11H11FO2/c1-14-11-6-5-9(8-10(11)12)4-2-3-7-13/h2,4-8H,3H2,1H3. The molecule has 0 aliphatic carbocycles. The third kappa shape index (κ3) is 2.69. The highest BCUT2D eigenvalue weighted by atomic mass is 19.1. The monoisotopic (exact) mass is 194 g/mol. The van der Waals surface area contributed by atoms with Gasteiger partial charge in [0.05, 0.1) is 7.11 Å². The molecular weight excluding hydrogens is 183 g/mol. The molecule has 1 aromatic rings. The molecule has 1 rings (SSSR count). The van der Waals surface area contributed by atoms with Gasteiger partial charge in [0.1, 0.15) is 6.29 Å². The number of allylic oxidation sites excluding steroid dienone is 1. The van der Waals surface area contributed by atoms with Gasteiger partial charge in [-0.1, -0.05) is 18.2 Å². The van der Waals surface area contributed by atoms with E-state index in [9.17, 15) is 9.18 Å². The Morgan fingerprint density at radius 1 is 1.50 bits per heavy atom. The van der Waals surface area contributed by atoms with Gasteiger partial charge in [-0.15, -0.1) is 0 Å². The molecule has 1 aromatic carbocycles. The second-order valence-corrected chi connectivity index (χ2v) is 2.70. The topological polar surface area (TPSA) is 26.3 Å². The number of hydrogen-bond acceptors (Lipinski definition) is 2. The lowest BCUT2D eigenvalue weighted by Gasteiger charge is -2.01. The van der Waals surface area contributed by atoms with Gasteiger partial charge in [-0.3, -0.25) is 0 Å². The van der Waals surface area contributed by atoms with Crippen molar-refractivity contribution in [3.05, 3.63) is 35.7 Å². The van der Waals surface area contributed by atoms with E-state index in [1.165, 1.54) is 13.2 Å². The average molecular weight is 194 g/mol. The van der Waals surface area contributed by atoms with Crippen molar-refractivity contribution in [1.29, 1.82) is 0 Å². The van der Waals surface area contributed by atoms with E-state index in [4.69, 9.17) is 4.74 Å². The molecule has 0 heterocycles. The van der Waals surface area contributed by atoms with Crippen molar-refractivity contribution < 1.29 is 13.9 Å². The fourth-order valence-corrected chi connectivity index (χ4v) is 1.05. The third-order valence-electron chi connectivity index (χ3n) is 1.72. The Balaban J connectivity index is 2.80. The second-order valence-electron chi connectivity index (χ2n) is 2.70. The maximum atomic E-state index is 13.1. The number of carbonyl (C=O) groups excluding carboxylic acids is 1. The van der Waals surface area contributed by atoms with E-state index in [-0.39, 0.29) is 5.75 Å². The number of methoxy groups -OCH3 is 1. The van der Waals surface area contributed by atoms with Gasteiger partial charge in [0.15, 0.2) is 11.6 Å². The molecule has 0 fully saturated rings. The molecule has 74 valence electrons. The van der Waals surface area contributed by atoms with Crippen LogP contribution in [0.4, 0.5) is 4.39 Å². The lowest BCUT2D eigenvalue weighted by molar-refractivity contribution is -0.107. The van der Waals surface area contributed by atoms with Crippen molar-refractivity contribution in [3.63, 3.8) is 0 Å². The van der Waals surface area contributed by atoms with Crippen LogP contribution < -0.4 is 4.74 Å². The average Bonchev–Trinajstić information content (AvgIpc) is 2.18. The summed E-state index contributed by atoms with van der Waals surface area (Å²) in [6.45, 7) is 0. The van der Waals surface area contributed by atoms with E-state index in [0.29, 0.717) is 12.0 Å².